The number of carbonyl (C=O) groups is 1. The lowest BCUT2D eigenvalue weighted by Crippen LogP contribution is -2.39. The molecule has 16 heavy (non-hydrogen) atoms. The first-order chi connectivity index (χ1) is 7.79. The quantitative estimate of drug-likeness (QED) is 0.700. The van der Waals surface area contributed by atoms with Crippen molar-refractivity contribution in [3.63, 3.8) is 0 Å². The minimum absolute atomic E-state index is 0.298. The lowest BCUT2D eigenvalue weighted by atomic mass is 9.93. The summed E-state index contributed by atoms with van der Waals surface area (Å²) < 4.78 is 0. The van der Waals surface area contributed by atoms with E-state index in [0.717, 1.165) is 18.4 Å². The molecule has 0 atom stereocenters. The highest BCUT2D eigenvalue weighted by Crippen LogP contribution is 2.25. The second-order valence-corrected chi connectivity index (χ2v) is 5.18. The molecule has 0 aromatic rings. The van der Waals surface area contributed by atoms with Crippen molar-refractivity contribution < 1.29 is 4.79 Å². The molecule has 0 bridgehead atoms. The zero-order valence-electron chi connectivity index (χ0n) is 10.4. The molecule has 1 amide bonds. The number of hydrogen-bond donors (Lipinski definition) is 0. The Morgan fingerprint density at radius 2 is 1.94 bits per heavy atom. The predicted molar refractivity (Wildman–Crippen MR) is 66.2 cm³/mol. The van der Waals surface area contributed by atoms with Crippen molar-refractivity contribution >= 4 is 5.91 Å². The van der Waals surface area contributed by atoms with E-state index in [4.69, 9.17) is 0 Å². The molecule has 2 rings (SSSR count). The number of nitrogens with zero attached hydrogens (tertiary/aromatic N) is 1. The van der Waals surface area contributed by atoms with Crippen LogP contribution in [0.3, 0.4) is 0 Å². The van der Waals surface area contributed by atoms with Crippen LogP contribution in [0, 0.1) is 0 Å². The minimum atomic E-state index is 0.298. The highest BCUT2D eigenvalue weighted by molar-refractivity contribution is 5.93. The van der Waals surface area contributed by atoms with Crippen LogP contribution in [-0.2, 0) is 4.79 Å². The summed E-state index contributed by atoms with van der Waals surface area (Å²) in [6.07, 6.45) is 13.0. The third-order valence-corrected chi connectivity index (χ3v) is 4.01. The molecule has 1 fully saturated rings. The van der Waals surface area contributed by atoms with Crippen LogP contribution in [0.25, 0.3) is 0 Å². The molecule has 0 saturated heterocycles. The van der Waals surface area contributed by atoms with Gasteiger partial charge >= 0.3 is 0 Å². The molecule has 0 unspecified atom stereocenters. The number of carbonyl (C=O) groups excluding carboxylic acids is 1. The summed E-state index contributed by atoms with van der Waals surface area (Å²) in [5.41, 5.74) is 1.07. The number of amides is 1. The number of allylic oxidation sites excluding steroid dienone is 1. The lowest BCUT2D eigenvalue weighted by Gasteiger charge is -2.32. The highest BCUT2D eigenvalue weighted by Gasteiger charge is 2.24. The Labute approximate surface area is 98.7 Å². The van der Waals surface area contributed by atoms with Crippen molar-refractivity contribution in [1.29, 1.82) is 0 Å². The largest absolute Gasteiger partial charge is 0.339 e. The van der Waals surface area contributed by atoms with Gasteiger partial charge < -0.3 is 4.90 Å². The summed E-state index contributed by atoms with van der Waals surface area (Å²) in [6.45, 7) is 0. The molecule has 2 heteroatoms. The van der Waals surface area contributed by atoms with E-state index in [9.17, 15) is 4.79 Å². The molecular weight excluding hydrogens is 198 g/mol. The van der Waals surface area contributed by atoms with E-state index >= 15 is 0 Å². The summed E-state index contributed by atoms with van der Waals surface area (Å²) in [5, 5.41) is 0. The zero-order chi connectivity index (χ0) is 11.4. The van der Waals surface area contributed by atoms with Gasteiger partial charge in [-0.1, -0.05) is 25.3 Å². The fraction of sp³-hybridized carbons (Fsp3) is 0.786. The molecule has 2 aliphatic rings. The molecule has 0 heterocycles. The third-order valence-electron chi connectivity index (χ3n) is 4.01. The van der Waals surface area contributed by atoms with E-state index in [2.05, 4.69) is 6.08 Å². The van der Waals surface area contributed by atoms with E-state index in [1.807, 2.05) is 11.9 Å². The molecule has 1 saturated carbocycles. The van der Waals surface area contributed by atoms with E-state index in [1.165, 1.54) is 44.9 Å². The fourth-order valence-electron chi connectivity index (χ4n) is 2.89. The van der Waals surface area contributed by atoms with Gasteiger partial charge in [0.15, 0.2) is 0 Å². The molecule has 0 N–H and O–H groups in total. The van der Waals surface area contributed by atoms with Gasteiger partial charge in [0.2, 0.25) is 5.91 Å². The second-order valence-electron chi connectivity index (χ2n) is 5.18. The monoisotopic (exact) mass is 221 g/mol. The SMILES string of the molecule is CN(C(=O)C1=CCCCC1)C1CCCCC1. The van der Waals surface area contributed by atoms with E-state index in [1.54, 1.807) is 0 Å². The number of rotatable bonds is 2. The van der Waals surface area contributed by atoms with Crippen molar-refractivity contribution in [2.75, 3.05) is 7.05 Å². The summed E-state index contributed by atoms with van der Waals surface area (Å²) in [6, 6.07) is 0.504. The summed E-state index contributed by atoms with van der Waals surface area (Å²) in [5.74, 6) is 0.298. The summed E-state index contributed by atoms with van der Waals surface area (Å²) >= 11 is 0. The molecule has 0 aromatic carbocycles. The highest BCUT2D eigenvalue weighted by atomic mass is 16.2. The summed E-state index contributed by atoms with van der Waals surface area (Å²) in [7, 11) is 1.99. The van der Waals surface area contributed by atoms with Crippen molar-refractivity contribution in [3.8, 4) is 0 Å². The maximum atomic E-state index is 12.3. The van der Waals surface area contributed by atoms with E-state index in [0.29, 0.717) is 11.9 Å². The van der Waals surface area contributed by atoms with E-state index < -0.39 is 0 Å². The van der Waals surface area contributed by atoms with Gasteiger partial charge in [-0.05, 0) is 38.5 Å². The maximum absolute atomic E-state index is 12.3. The smallest absolute Gasteiger partial charge is 0.249 e. The molecule has 2 aliphatic carbocycles. The maximum Gasteiger partial charge on any atom is 0.249 e. The van der Waals surface area contributed by atoms with E-state index in [-0.39, 0.29) is 0 Å². The molecule has 0 aliphatic heterocycles. The molecule has 0 radical (unpaired) electrons. The van der Waals surface area contributed by atoms with Crippen LogP contribution in [0.4, 0.5) is 0 Å². The lowest BCUT2D eigenvalue weighted by molar-refractivity contribution is -0.128. The predicted octanol–water partition coefficient (Wildman–Crippen LogP) is 3.28. The van der Waals surface area contributed by atoms with Gasteiger partial charge in [-0.15, -0.1) is 0 Å². The zero-order valence-corrected chi connectivity index (χ0v) is 10.4. The molecule has 2 nitrogen and oxygen atoms in total. The Hall–Kier alpha value is -0.790. The standard InChI is InChI=1S/C14H23NO/c1-15(13-10-6-3-7-11-13)14(16)12-8-4-2-5-9-12/h8,13H,2-7,9-11H2,1H3. The molecule has 0 aromatic heterocycles. The first kappa shape index (κ1) is 11.7. The van der Waals surface area contributed by atoms with Crippen LogP contribution in [0.2, 0.25) is 0 Å². The molecule has 90 valence electrons. The van der Waals surface area contributed by atoms with Gasteiger partial charge in [-0.25, -0.2) is 0 Å². The van der Waals surface area contributed by atoms with Crippen LogP contribution in [0.1, 0.15) is 57.8 Å². The third kappa shape index (κ3) is 2.66. The van der Waals surface area contributed by atoms with Gasteiger partial charge in [-0.3, -0.25) is 4.79 Å². The van der Waals surface area contributed by atoms with Gasteiger partial charge in [0, 0.05) is 18.7 Å². The van der Waals surface area contributed by atoms with Crippen molar-refractivity contribution in [2.24, 2.45) is 0 Å². The fourth-order valence-corrected chi connectivity index (χ4v) is 2.89. The Bertz CT molecular complexity index is 276. The van der Waals surface area contributed by atoms with Gasteiger partial charge in [0.1, 0.15) is 0 Å². The van der Waals surface area contributed by atoms with Crippen LogP contribution in [0.15, 0.2) is 11.6 Å². The number of hydrogen-bond acceptors (Lipinski definition) is 1. The van der Waals surface area contributed by atoms with Gasteiger partial charge in [0.25, 0.3) is 0 Å². The average molecular weight is 221 g/mol. The molecule has 0 spiro atoms. The van der Waals surface area contributed by atoms with Crippen molar-refractivity contribution in [3.05, 3.63) is 11.6 Å². The Balaban J connectivity index is 1.94. The molecular formula is C14H23NO. The second kappa shape index (κ2) is 5.51. The Morgan fingerprint density at radius 1 is 1.19 bits per heavy atom. The normalized spacial score (nSPS) is 22.7. The first-order valence-corrected chi connectivity index (χ1v) is 6.75. The van der Waals surface area contributed by atoms with Crippen LogP contribution < -0.4 is 0 Å². The van der Waals surface area contributed by atoms with Gasteiger partial charge in [-0.2, -0.15) is 0 Å². The van der Waals surface area contributed by atoms with Gasteiger partial charge in [0.05, 0.1) is 0 Å². The van der Waals surface area contributed by atoms with Crippen molar-refractivity contribution in [2.45, 2.75) is 63.8 Å². The van der Waals surface area contributed by atoms with Crippen LogP contribution in [0.5, 0.6) is 0 Å². The minimum Gasteiger partial charge on any atom is -0.339 e. The first-order valence-electron chi connectivity index (χ1n) is 6.75. The van der Waals surface area contributed by atoms with Crippen molar-refractivity contribution in [1.82, 2.24) is 4.90 Å². The van der Waals surface area contributed by atoms with Crippen LogP contribution >= 0.6 is 0 Å². The van der Waals surface area contributed by atoms with Crippen LogP contribution in [-0.4, -0.2) is 23.9 Å². The topological polar surface area (TPSA) is 20.3 Å². The number of likely N-dealkylation sites (N-methyl/N-ethyl adjacent to an activating group) is 1. The average Bonchev–Trinajstić information content (AvgIpc) is 2.39. The summed E-state index contributed by atoms with van der Waals surface area (Å²) in [4.78, 5) is 14.3. The Kier molecular flexibility index (Phi) is 4.03. The Morgan fingerprint density at radius 3 is 2.56 bits per heavy atom.